The number of hydrogen-bond donors (Lipinski definition) is 2. The second-order valence-electron chi connectivity index (χ2n) is 4.70. The van der Waals surface area contributed by atoms with Crippen LogP contribution in [0, 0.1) is 0 Å². The summed E-state index contributed by atoms with van der Waals surface area (Å²) in [6.07, 6.45) is 2.30. The van der Waals surface area contributed by atoms with Crippen LogP contribution in [-0.2, 0) is 11.2 Å². The van der Waals surface area contributed by atoms with Crippen LogP contribution in [0.5, 0.6) is 5.75 Å². The van der Waals surface area contributed by atoms with Crippen LogP contribution in [-0.4, -0.2) is 32.1 Å². The molecule has 0 saturated heterocycles. The molecule has 1 aromatic carbocycles. The third kappa shape index (κ3) is 7.14. The molecule has 0 spiro atoms. The molecule has 0 atom stereocenters. The fraction of sp³-hybridized carbons (Fsp3) is 0.562. The maximum Gasteiger partial charge on any atom is 0.220 e. The molecule has 112 valence electrons. The van der Waals surface area contributed by atoms with Crippen molar-refractivity contribution in [3.05, 3.63) is 29.8 Å². The third-order valence-electron chi connectivity index (χ3n) is 2.91. The minimum absolute atomic E-state index is 0.106. The summed E-state index contributed by atoms with van der Waals surface area (Å²) in [7, 11) is 0. The lowest BCUT2D eigenvalue weighted by atomic mass is 10.1. The monoisotopic (exact) mass is 278 g/mol. The number of nitrogens with one attached hydrogen (secondary N) is 2. The molecule has 1 amide bonds. The molecule has 0 fully saturated rings. The van der Waals surface area contributed by atoms with Gasteiger partial charge in [0.15, 0.2) is 0 Å². The van der Waals surface area contributed by atoms with Gasteiger partial charge in [0.05, 0.1) is 6.61 Å². The van der Waals surface area contributed by atoms with Gasteiger partial charge in [-0.25, -0.2) is 0 Å². The van der Waals surface area contributed by atoms with Gasteiger partial charge in [0.1, 0.15) is 5.75 Å². The van der Waals surface area contributed by atoms with E-state index in [0.29, 0.717) is 13.0 Å². The molecule has 0 unspecified atom stereocenters. The van der Waals surface area contributed by atoms with Crippen molar-refractivity contribution in [1.29, 1.82) is 0 Å². The first kappa shape index (κ1) is 16.5. The molecule has 1 rings (SSSR count). The van der Waals surface area contributed by atoms with E-state index in [-0.39, 0.29) is 5.91 Å². The molecule has 2 N–H and O–H groups in total. The van der Waals surface area contributed by atoms with Gasteiger partial charge in [-0.15, -0.1) is 0 Å². The molecule has 4 nitrogen and oxygen atoms in total. The van der Waals surface area contributed by atoms with Crippen LogP contribution in [0.25, 0.3) is 0 Å². The van der Waals surface area contributed by atoms with Crippen molar-refractivity contribution in [2.75, 3.05) is 26.2 Å². The van der Waals surface area contributed by atoms with Gasteiger partial charge in [0, 0.05) is 19.5 Å². The van der Waals surface area contributed by atoms with Crippen molar-refractivity contribution in [2.45, 2.75) is 33.1 Å². The molecule has 20 heavy (non-hydrogen) atoms. The lowest BCUT2D eigenvalue weighted by Crippen LogP contribution is -2.31. The zero-order valence-electron chi connectivity index (χ0n) is 12.6. The summed E-state index contributed by atoms with van der Waals surface area (Å²) >= 11 is 0. The highest BCUT2D eigenvalue weighted by atomic mass is 16.5. The first-order valence-corrected chi connectivity index (χ1v) is 7.45. The van der Waals surface area contributed by atoms with Gasteiger partial charge >= 0.3 is 0 Å². The van der Waals surface area contributed by atoms with Gasteiger partial charge in [0.2, 0.25) is 5.91 Å². The number of carbonyl (C=O) groups excluding carboxylic acids is 1. The molecule has 0 heterocycles. The molecule has 4 heteroatoms. The van der Waals surface area contributed by atoms with Crippen LogP contribution in [0.3, 0.4) is 0 Å². The number of ether oxygens (including phenoxy) is 1. The molecule has 0 bridgehead atoms. The summed E-state index contributed by atoms with van der Waals surface area (Å²) in [4.78, 5) is 11.6. The predicted molar refractivity (Wildman–Crippen MR) is 82.1 cm³/mol. The average molecular weight is 278 g/mol. The van der Waals surface area contributed by atoms with Crippen molar-refractivity contribution in [3.8, 4) is 5.75 Å². The van der Waals surface area contributed by atoms with Gasteiger partial charge in [-0.1, -0.05) is 26.0 Å². The fourth-order valence-corrected chi connectivity index (χ4v) is 1.79. The number of rotatable bonds is 10. The minimum Gasteiger partial charge on any atom is -0.494 e. The smallest absolute Gasteiger partial charge is 0.220 e. The molecule has 0 radical (unpaired) electrons. The van der Waals surface area contributed by atoms with Crippen molar-refractivity contribution in [1.82, 2.24) is 10.6 Å². The van der Waals surface area contributed by atoms with E-state index >= 15 is 0 Å². The Balaban J connectivity index is 2.22. The summed E-state index contributed by atoms with van der Waals surface area (Å²) in [6, 6.07) is 7.98. The average Bonchev–Trinajstić information content (AvgIpc) is 2.48. The van der Waals surface area contributed by atoms with Gasteiger partial charge in [-0.2, -0.15) is 0 Å². The molecule has 0 aliphatic rings. The Bertz CT molecular complexity index is 377. The van der Waals surface area contributed by atoms with Crippen molar-refractivity contribution in [3.63, 3.8) is 0 Å². The van der Waals surface area contributed by atoms with E-state index in [2.05, 4.69) is 24.5 Å². The summed E-state index contributed by atoms with van der Waals surface area (Å²) in [6.45, 7) is 7.33. The number of hydrogen-bond acceptors (Lipinski definition) is 3. The normalized spacial score (nSPS) is 10.3. The second-order valence-corrected chi connectivity index (χ2v) is 4.70. The summed E-state index contributed by atoms with van der Waals surface area (Å²) in [5, 5.41) is 6.07. The molecule has 1 aromatic rings. The van der Waals surface area contributed by atoms with Crippen molar-refractivity contribution in [2.24, 2.45) is 0 Å². The Morgan fingerprint density at radius 3 is 2.55 bits per heavy atom. The first-order valence-electron chi connectivity index (χ1n) is 7.45. The highest BCUT2D eigenvalue weighted by molar-refractivity contribution is 5.76. The third-order valence-corrected chi connectivity index (χ3v) is 2.91. The van der Waals surface area contributed by atoms with E-state index in [0.717, 1.165) is 43.9 Å². The Hall–Kier alpha value is -1.55. The highest BCUT2D eigenvalue weighted by Crippen LogP contribution is 2.13. The molecule has 0 aliphatic carbocycles. The minimum atomic E-state index is 0.106. The Labute approximate surface area is 121 Å². The molecule has 0 saturated carbocycles. The lowest BCUT2D eigenvalue weighted by molar-refractivity contribution is -0.121. The molecule has 0 aliphatic heterocycles. The molecular formula is C16H26N2O2. The highest BCUT2D eigenvalue weighted by Gasteiger charge is 2.02. The van der Waals surface area contributed by atoms with Crippen LogP contribution < -0.4 is 15.4 Å². The Morgan fingerprint density at radius 2 is 1.90 bits per heavy atom. The summed E-state index contributed by atoms with van der Waals surface area (Å²) in [5.74, 6) is 1.000. The van der Waals surface area contributed by atoms with Gasteiger partial charge in [-0.05, 0) is 37.1 Å². The molecule has 0 aromatic heterocycles. The van der Waals surface area contributed by atoms with Crippen LogP contribution in [0.4, 0.5) is 0 Å². The van der Waals surface area contributed by atoms with Crippen LogP contribution in [0.15, 0.2) is 24.3 Å². The largest absolute Gasteiger partial charge is 0.494 e. The predicted octanol–water partition coefficient (Wildman–Crippen LogP) is 2.13. The SMILES string of the molecule is CCCOc1ccc(CCC(=O)NCCNCC)cc1. The van der Waals surface area contributed by atoms with Crippen molar-refractivity contribution >= 4 is 5.91 Å². The molecular weight excluding hydrogens is 252 g/mol. The van der Waals surface area contributed by atoms with E-state index < -0.39 is 0 Å². The number of aryl methyl sites for hydroxylation is 1. The maximum atomic E-state index is 11.6. The van der Waals surface area contributed by atoms with Crippen LogP contribution in [0.1, 0.15) is 32.3 Å². The lowest BCUT2D eigenvalue weighted by Gasteiger charge is -2.07. The maximum absolute atomic E-state index is 11.6. The van der Waals surface area contributed by atoms with Crippen LogP contribution in [0.2, 0.25) is 0 Å². The van der Waals surface area contributed by atoms with Crippen molar-refractivity contribution < 1.29 is 9.53 Å². The number of benzene rings is 1. The second kappa shape index (κ2) is 10.3. The van der Waals surface area contributed by atoms with E-state index in [4.69, 9.17) is 4.74 Å². The number of carbonyl (C=O) groups is 1. The Kier molecular flexibility index (Phi) is 8.47. The quantitative estimate of drug-likeness (QED) is 0.645. The van der Waals surface area contributed by atoms with Gasteiger partial charge in [0.25, 0.3) is 0 Å². The summed E-state index contributed by atoms with van der Waals surface area (Å²) < 4.78 is 5.53. The standard InChI is InChI=1S/C16H26N2O2/c1-3-13-20-15-8-5-14(6-9-15)7-10-16(19)18-12-11-17-4-2/h5-6,8-9,17H,3-4,7,10-13H2,1-2H3,(H,18,19). The van der Waals surface area contributed by atoms with E-state index in [1.165, 1.54) is 0 Å². The topological polar surface area (TPSA) is 50.4 Å². The summed E-state index contributed by atoms with van der Waals surface area (Å²) in [5.41, 5.74) is 1.16. The van der Waals surface area contributed by atoms with E-state index in [1.54, 1.807) is 0 Å². The fourth-order valence-electron chi connectivity index (χ4n) is 1.79. The zero-order valence-corrected chi connectivity index (χ0v) is 12.6. The number of amides is 1. The number of likely N-dealkylation sites (N-methyl/N-ethyl adjacent to an activating group) is 1. The van der Waals surface area contributed by atoms with E-state index in [9.17, 15) is 4.79 Å². The van der Waals surface area contributed by atoms with Crippen LogP contribution >= 0.6 is 0 Å². The zero-order chi connectivity index (χ0) is 14.6. The first-order chi connectivity index (χ1) is 9.76. The Morgan fingerprint density at radius 1 is 1.15 bits per heavy atom. The van der Waals surface area contributed by atoms with Gasteiger partial charge in [-0.3, -0.25) is 4.79 Å². The van der Waals surface area contributed by atoms with Gasteiger partial charge < -0.3 is 15.4 Å². The van der Waals surface area contributed by atoms with E-state index in [1.807, 2.05) is 24.3 Å².